The summed E-state index contributed by atoms with van der Waals surface area (Å²) in [6, 6.07) is 21.2. The van der Waals surface area contributed by atoms with Crippen LogP contribution in [0.15, 0.2) is 72.8 Å². The van der Waals surface area contributed by atoms with Gasteiger partial charge in [0, 0.05) is 34.2 Å². The quantitative estimate of drug-likeness (QED) is 0.356. The SMILES string of the molecule is CN(C)C1(c2cccc(F)c2)CCC2(CC1)c1[nH]c3ccccc3c1CCN2C(=O)c1cccc(F)c1. The van der Waals surface area contributed by atoms with E-state index in [0.717, 1.165) is 36.0 Å². The zero-order chi connectivity index (χ0) is 25.8. The minimum Gasteiger partial charge on any atom is -0.356 e. The van der Waals surface area contributed by atoms with E-state index in [0.29, 0.717) is 24.9 Å². The highest BCUT2D eigenvalue weighted by atomic mass is 19.1. The van der Waals surface area contributed by atoms with Gasteiger partial charge in [0.05, 0.1) is 5.54 Å². The van der Waals surface area contributed by atoms with Gasteiger partial charge in [-0.2, -0.15) is 0 Å². The van der Waals surface area contributed by atoms with E-state index in [4.69, 9.17) is 0 Å². The van der Waals surface area contributed by atoms with Gasteiger partial charge in [-0.1, -0.05) is 36.4 Å². The first-order valence-electron chi connectivity index (χ1n) is 13.0. The molecule has 1 saturated carbocycles. The monoisotopic (exact) mass is 499 g/mol. The first-order chi connectivity index (χ1) is 17.8. The van der Waals surface area contributed by atoms with Crippen molar-refractivity contribution in [2.45, 2.75) is 43.2 Å². The average Bonchev–Trinajstić information content (AvgIpc) is 3.29. The number of H-pyrrole nitrogens is 1. The molecule has 1 aromatic heterocycles. The van der Waals surface area contributed by atoms with Crippen molar-refractivity contribution in [3.8, 4) is 0 Å². The third-order valence-electron chi connectivity index (χ3n) is 8.82. The van der Waals surface area contributed by atoms with Crippen LogP contribution >= 0.6 is 0 Å². The number of aromatic amines is 1. The molecule has 6 heteroatoms. The number of fused-ring (bicyclic) bond motifs is 4. The van der Waals surface area contributed by atoms with Gasteiger partial charge >= 0.3 is 0 Å². The van der Waals surface area contributed by atoms with Crippen molar-refractivity contribution in [3.63, 3.8) is 0 Å². The van der Waals surface area contributed by atoms with E-state index >= 15 is 0 Å². The Labute approximate surface area is 215 Å². The summed E-state index contributed by atoms with van der Waals surface area (Å²) in [4.78, 5) is 21.8. The predicted octanol–water partition coefficient (Wildman–Crippen LogP) is 6.37. The van der Waals surface area contributed by atoms with Gasteiger partial charge in [-0.15, -0.1) is 0 Å². The van der Waals surface area contributed by atoms with Crippen molar-refractivity contribution in [2.24, 2.45) is 0 Å². The molecule has 2 heterocycles. The van der Waals surface area contributed by atoms with Crippen molar-refractivity contribution in [3.05, 3.63) is 107 Å². The molecule has 1 spiro atoms. The fraction of sp³-hybridized carbons (Fsp3) is 0.323. The molecule has 0 saturated heterocycles. The molecule has 2 aliphatic rings. The molecule has 0 unspecified atom stereocenters. The molecule has 0 bridgehead atoms. The molecule has 1 fully saturated rings. The van der Waals surface area contributed by atoms with Crippen LogP contribution in [-0.2, 0) is 17.5 Å². The van der Waals surface area contributed by atoms with Gasteiger partial charge in [0.15, 0.2) is 0 Å². The second-order valence-electron chi connectivity index (χ2n) is 10.7. The highest BCUT2D eigenvalue weighted by molar-refractivity contribution is 5.95. The van der Waals surface area contributed by atoms with Gasteiger partial charge in [0.1, 0.15) is 11.6 Å². The van der Waals surface area contributed by atoms with E-state index in [1.807, 2.05) is 31.1 Å². The van der Waals surface area contributed by atoms with Crippen molar-refractivity contribution in [1.29, 1.82) is 0 Å². The van der Waals surface area contributed by atoms with Crippen LogP contribution in [0.1, 0.15) is 52.9 Å². The zero-order valence-electron chi connectivity index (χ0n) is 21.2. The lowest BCUT2D eigenvalue weighted by atomic mass is 9.65. The standard InChI is InChI=1S/C31H31F2N3O/c1-35(2)30(22-8-6-10-24(33)20-22)14-16-31(17-15-30)28-26(25-11-3-4-12-27(25)34-28)13-18-36(31)29(37)21-7-5-9-23(32)19-21/h3-12,19-20,34H,13-18H2,1-2H3. The zero-order valence-corrected chi connectivity index (χ0v) is 21.2. The maximum absolute atomic E-state index is 14.3. The summed E-state index contributed by atoms with van der Waals surface area (Å²) >= 11 is 0. The van der Waals surface area contributed by atoms with Crippen LogP contribution in [-0.4, -0.2) is 41.3 Å². The molecule has 3 aromatic carbocycles. The van der Waals surface area contributed by atoms with Crippen LogP contribution in [0.3, 0.4) is 0 Å². The second-order valence-corrected chi connectivity index (χ2v) is 10.7. The summed E-state index contributed by atoms with van der Waals surface area (Å²) in [5.74, 6) is -0.797. The number of rotatable bonds is 3. The highest BCUT2D eigenvalue weighted by Crippen LogP contribution is 2.54. The van der Waals surface area contributed by atoms with Crippen LogP contribution in [0.25, 0.3) is 10.9 Å². The lowest BCUT2D eigenvalue weighted by molar-refractivity contribution is -0.0142. The first kappa shape index (κ1) is 23.9. The Morgan fingerprint density at radius 1 is 0.892 bits per heavy atom. The van der Waals surface area contributed by atoms with E-state index in [-0.39, 0.29) is 17.3 Å². The normalized spacial score (nSPS) is 23.5. The average molecular weight is 500 g/mol. The largest absolute Gasteiger partial charge is 0.356 e. The van der Waals surface area contributed by atoms with E-state index in [9.17, 15) is 13.6 Å². The molecule has 4 nitrogen and oxygen atoms in total. The molecule has 37 heavy (non-hydrogen) atoms. The van der Waals surface area contributed by atoms with Gasteiger partial charge in [-0.25, -0.2) is 8.78 Å². The summed E-state index contributed by atoms with van der Waals surface area (Å²) in [5, 5.41) is 1.20. The summed E-state index contributed by atoms with van der Waals surface area (Å²) in [6.45, 7) is 0.569. The van der Waals surface area contributed by atoms with Crippen molar-refractivity contribution < 1.29 is 13.6 Å². The number of amides is 1. The Hall–Kier alpha value is -3.51. The van der Waals surface area contributed by atoms with Crippen LogP contribution in [0, 0.1) is 11.6 Å². The minimum absolute atomic E-state index is 0.146. The van der Waals surface area contributed by atoms with Crippen LogP contribution in [0.2, 0.25) is 0 Å². The minimum atomic E-state index is -0.553. The number of nitrogens with one attached hydrogen (secondary N) is 1. The fourth-order valence-corrected chi connectivity index (χ4v) is 6.87. The number of hydrogen-bond acceptors (Lipinski definition) is 2. The third kappa shape index (κ3) is 3.69. The smallest absolute Gasteiger partial charge is 0.254 e. The maximum Gasteiger partial charge on any atom is 0.254 e. The van der Waals surface area contributed by atoms with Gasteiger partial charge in [-0.3, -0.25) is 9.69 Å². The van der Waals surface area contributed by atoms with Crippen molar-refractivity contribution in [1.82, 2.24) is 14.8 Å². The summed E-state index contributed by atoms with van der Waals surface area (Å²) < 4.78 is 28.4. The Bertz CT molecular complexity index is 1480. The van der Waals surface area contributed by atoms with Crippen LogP contribution in [0.4, 0.5) is 8.78 Å². The number of carbonyl (C=O) groups is 1. The molecular formula is C31H31F2N3O. The molecule has 1 N–H and O–H groups in total. The summed E-state index contributed by atoms with van der Waals surface area (Å²) in [5.41, 5.74) is 3.87. The number of benzene rings is 3. The number of aromatic nitrogens is 1. The lowest BCUT2D eigenvalue weighted by Gasteiger charge is -2.55. The molecule has 190 valence electrons. The number of hydrogen-bond donors (Lipinski definition) is 1. The highest BCUT2D eigenvalue weighted by Gasteiger charge is 2.53. The lowest BCUT2D eigenvalue weighted by Crippen LogP contribution is -2.58. The molecule has 4 aromatic rings. The second kappa shape index (κ2) is 8.80. The van der Waals surface area contributed by atoms with Crippen LogP contribution in [0.5, 0.6) is 0 Å². The third-order valence-corrected chi connectivity index (χ3v) is 8.82. The first-order valence-corrected chi connectivity index (χ1v) is 13.0. The van der Waals surface area contributed by atoms with Gasteiger partial charge < -0.3 is 9.88 Å². The van der Waals surface area contributed by atoms with E-state index < -0.39 is 11.4 Å². The number of halogens is 2. The maximum atomic E-state index is 14.3. The van der Waals surface area contributed by atoms with Crippen molar-refractivity contribution >= 4 is 16.8 Å². The Morgan fingerprint density at radius 3 is 2.30 bits per heavy atom. The van der Waals surface area contributed by atoms with Gasteiger partial charge in [0.2, 0.25) is 0 Å². The molecule has 1 amide bonds. The van der Waals surface area contributed by atoms with Crippen LogP contribution < -0.4 is 0 Å². The van der Waals surface area contributed by atoms with E-state index in [2.05, 4.69) is 28.1 Å². The van der Waals surface area contributed by atoms with E-state index in [1.54, 1.807) is 24.3 Å². The molecule has 1 aliphatic carbocycles. The van der Waals surface area contributed by atoms with E-state index in [1.165, 1.54) is 29.1 Å². The molecular weight excluding hydrogens is 468 g/mol. The number of para-hydroxylation sites is 1. The predicted molar refractivity (Wildman–Crippen MR) is 141 cm³/mol. The Morgan fingerprint density at radius 2 is 1.59 bits per heavy atom. The summed E-state index contributed by atoms with van der Waals surface area (Å²) in [6.07, 6.45) is 3.67. The van der Waals surface area contributed by atoms with Gasteiger partial charge in [-0.05, 0) is 93.7 Å². The molecule has 0 atom stereocenters. The fourth-order valence-electron chi connectivity index (χ4n) is 6.87. The number of carbonyl (C=O) groups excluding carboxylic acids is 1. The number of nitrogens with zero attached hydrogens (tertiary/aromatic N) is 2. The molecule has 1 aliphatic heterocycles. The summed E-state index contributed by atoms with van der Waals surface area (Å²) in [7, 11) is 4.10. The molecule has 0 radical (unpaired) electrons. The van der Waals surface area contributed by atoms with Gasteiger partial charge in [0.25, 0.3) is 5.91 Å². The molecule has 6 rings (SSSR count). The topological polar surface area (TPSA) is 39.3 Å². The Kier molecular flexibility index (Phi) is 5.68. The Balaban J connectivity index is 1.47. The van der Waals surface area contributed by atoms with Crippen molar-refractivity contribution in [2.75, 3.05) is 20.6 Å².